The van der Waals surface area contributed by atoms with Gasteiger partial charge in [0.1, 0.15) is 5.75 Å². The maximum atomic E-state index is 13.7. The quantitative estimate of drug-likeness (QED) is 0.446. The van der Waals surface area contributed by atoms with Gasteiger partial charge in [0.2, 0.25) is 5.91 Å². The van der Waals surface area contributed by atoms with Crippen molar-refractivity contribution < 1.29 is 24.2 Å². The Balaban J connectivity index is 1.57. The first-order chi connectivity index (χ1) is 18.3. The van der Waals surface area contributed by atoms with Gasteiger partial charge in [-0.3, -0.25) is 14.4 Å². The van der Waals surface area contributed by atoms with E-state index in [1.54, 1.807) is 53.1 Å². The van der Waals surface area contributed by atoms with E-state index < -0.39 is 0 Å². The third-order valence-corrected chi connectivity index (χ3v) is 6.69. The Morgan fingerprint density at radius 3 is 2.39 bits per heavy atom. The number of hydrogen-bond donors (Lipinski definition) is 2. The summed E-state index contributed by atoms with van der Waals surface area (Å²) < 4.78 is 5.47. The molecule has 0 bridgehead atoms. The minimum absolute atomic E-state index is 0.0975. The van der Waals surface area contributed by atoms with Gasteiger partial charge < -0.3 is 25.0 Å². The van der Waals surface area contributed by atoms with Crippen LogP contribution in [-0.2, 0) is 9.59 Å². The van der Waals surface area contributed by atoms with Crippen LogP contribution in [0.4, 0.5) is 11.4 Å². The van der Waals surface area contributed by atoms with Gasteiger partial charge in [-0.05, 0) is 73.5 Å². The first-order valence-electron chi connectivity index (χ1n) is 12.4. The second-order valence-corrected chi connectivity index (χ2v) is 9.52. The zero-order valence-electron chi connectivity index (χ0n) is 21.3. The fraction of sp³-hybridized carbons (Fsp3) is 0.276. The molecule has 3 aromatic carbocycles. The first-order valence-corrected chi connectivity index (χ1v) is 12.8. The Morgan fingerprint density at radius 1 is 1.05 bits per heavy atom. The highest BCUT2D eigenvalue weighted by Crippen LogP contribution is 2.42. The van der Waals surface area contributed by atoms with Crippen LogP contribution in [0.5, 0.6) is 5.75 Å². The van der Waals surface area contributed by atoms with Crippen LogP contribution in [0, 0.1) is 0 Å². The lowest BCUT2D eigenvalue weighted by atomic mass is 9.89. The van der Waals surface area contributed by atoms with E-state index in [0.29, 0.717) is 22.8 Å². The number of hydrogen-bond acceptors (Lipinski definition) is 5. The normalized spacial score (nSPS) is 16.4. The number of carbonyl (C=O) groups excluding carboxylic acids is 3. The molecule has 0 aromatic heterocycles. The topological polar surface area (TPSA) is 99.2 Å². The lowest BCUT2D eigenvalue weighted by molar-refractivity contribution is -0.123. The zero-order chi connectivity index (χ0) is 27.2. The van der Waals surface area contributed by atoms with Crippen molar-refractivity contribution in [3.63, 3.8) is 0 Å². The van der Waals surface area contributed by atoms with Crippen LogP contribution in [0.1, 0.15) is 42.2 Å². The number of aliphatic hydroxyl groups excluding tert-OH is 1. The summed E-state index contributed by atoms with van der Waals surface area (Å²) in [6, 6.07) is 21.0. The number of nitrogens with one attached hydrogen (secondary N) is 1. The van der Waals surface area contributed by atoms with Gasteiger partial charge in [0, 0.05) is 41.5 Å². The first kappa shape index (κ1) is 27.2. The highest BCUT2D eigenvalue weighted by atomic mass is 35.5. The number of benzene rings is 3. The predicted octanol–water partition coefficient (Wildman–Crippen LogP) is 4.36. The Bertz CT molecular complexity index is 1300. The van der Waals surface area contributed by atoms with E-state index in [-0.39, 0.29) is 49.6 Å². The molecule has 38 heavy (non-hydrogen) atoms. The number of carbonyl (C=O) groups is 3. The number of para-hydroxylation sites is 1. The van der Waals surface area contributed by atoms with Crippen LogP contribution < -0.4 is 19.9 Å². The van der Waals surface area contributed by atoms with E-state index in [2.05, 4.69) is 5.32 Å². The molecule has 0 saturated carbocycles. The third kappa shape index (κ3) is 5.98. The molecule has 1 heterocycles. The van der Waals surface area contributed by atoms with E-state index in [4.69, 9.17) is 21.4 Å². The number of anilines is 2. The number of aliphatic hydroxyl groups is 1. The summed E-state index contributed by atoms with van der Waals surface area (Å²) >= 11 is 6.08. The van der Waals surface area contributed by atoms with E-state index >= 15 is 0 Å². The standard InChI is InChI=1S/C29H30ClN3O5/c1-19-17-27(33(20(2)35)23-11-9-22(30)10-12-23)25-5-3-4-6-26(25)32(19)29(37)21-7-13-24(14-8-21)38-18-28(36)31-15-16-34/h3-14,19,27,34H,15-18H2,1-2H3,(H,31,36)/t19-,27+/m0/s1. The number of halogens is 1. The summed E-state index contributed by atoms with van der Waals surface area (Å²) in [5.41, 5.74) is 2.86. The molecule has 8 nitrogen and oxygen atoms in total. The van der Waals surface area contributed by atoms with Gasteiger partial charge in [-0.2, -0.15) is 0 Å². The smallest absolute Gasteiger partial charge is 0.258 e. The molecule has 198 valence electrons. The molecular formula is C29H30ClN3O5. The monoisotopic (exact) mass is 535 g/mol. The summed E-state index contributed by atoms with van der Waals surface area (Å²) in [6.45, 7) is 3.35. The van der Waals surface area contributed by atoms with Gasteiger partial charge >= 0.3 is 0 Å². The Hall–Kier alpha value is -3.88. The van der Waals surface area contributed by atoms with Gasteiger partial charge in [0.05, 0.1) is 12.6 Å². The van der Waals surface area contributed by atoms with Gasteiger partial charge in [-0.15, -0.1) is 0 Å². The summed E-state index contributed by atoms with van der Waals surface area (Å²) in [5.74, 6) is -0.158. The van der Waals surface area contributed by atoms with Gasteiger partial charge in [-0.25, -0.2) is 0 Å². The highest BCUT2D eigenvalue weighted by molar-refractivity contribution is 6.30. The van der Waals surface area contributed by atoms with Crippen molar-refractivity contribution in [1.82, 2.24) is 5.32 Å². The van der Waals surface area contributed by atoms with Crippen molar-refractivity contribution in [2.75, 3.05) is 29.6 Å². The largest absolute Gasteiger partial charge is 0.484 e. The molecule has 3 amide bonds. The zero-order valence-corrected chi connectivity index (χ0v) is 22.0. The van der Waals surface area contributed by atoms with E-state index in [0.717, 1.165) is 16.9 Å². The molecule has 1 aliphatic rings. The Labute approximate surface area is 226 Å². The average Bonchev–Trinajstić information content (AvgIpc) is 2.91. The predicted molar refractivity (Wildman–Crippen MR) is 147 cm³/mol. The van der Waals surface area contributed by atoms with Crippen LogP contribution in [0.2, 0.25) is 5.02 Å². The number of amides is 3. The van der Waals surface area contributed by atoms with Crippen molar-refractivity contribution in [1.29, 1.82) is 0 Å². The van der Waals surface area contributed by atoms with Crippen LogP contribution in [0.25, 0.3) is 0 Å². The Kier molecular flexibility index (Phi) is 8.66. The molecule has 9 heteroatoms. The molecule has 1 aliphatic heterocycles. The lowest BCUT2D eigenvalue weighted by Gasteiger charge is -2.43. The number of rotatable bonds is 8. The van der Waals surface area contributed by atoms with Crippen molar-refractivity contribution in [2.24, 2.45) is 0 Å². The van der Waals surface area contributed by atoms with Gasteiger partial charge in [0.15, 0.2) is 6.61 Å². The third-order valence-electron chi connectivity index (χ3n) is 6.44. The van der Waals surface area contributed by atoms with Crippen molar-refractivity contribution in [3.8, 4) is 5.75 Å². The van der Waals surface area contributed by atoms with E-state index in [1.165, 1.54) is 0 Å². The van der Waals surface area contributed by atoms with Gasteiger partial charge in [-0.1, -0.05) is 29.8 Å². The van der Waals surface area contributed by atoms with Crippen LogP contribution in [0.15, 0.2) is 72.8 Å². The Morgan fingerprint density at radius 2 is 1.74 bits per heavy atom. The second-order valence-electron chi connectivity index (χ2n) is 9.09. The van der Waals surface area contributed by atoms with Gasteiger partial charge in [0.25, 0.3) is 11.8 Å². The molecule has 0 fully saturated rings. The maximum Gasteiger partial charge on any atom is 0.258 e. The number of fused-ring (bicyclic) bond motifs is 1. The fourth-order valence-electron chi connectivity index (χ4n) is 4.75. The van der Waals surface area contributed by atoms with Crippen molar-refractivity contribution >= 4 is 40.7 Å². The molecule has 2 atom stereocenters. The minimum atomic E-state index is -0.342. The molecule has 3 aromatic rings. The van der Waals surface area contributed by atoms with Crippen LogP contribution in [0.3, 0.4) is 0 Å². The van der Waals surface area contributed by atoms with E-state index in [1.807, 2.05) is 43.3 Å². The van der Waals surface area contributed by atoms with Crippen molar-refractivity contribution in [3.05, 3.63) is 88.9 Å². The summed E-state index contributed by atoms with van der Waals surface area (Å²) in [6.07, 6.45) is 0.551. The molecule has 2 N–H and O–H groups in total. The SMILES string of the molecule is CC(=O)N(c1ccc(Cl)cc1)[C@@H]1C[C@H](C)N(C(=O)c2ccc(OCC(=O)NCCO)cc2)c2ccccc21. The molecule has 4 rings (SSSR count). The van der Waals surface area contributed by atoms with Crippen molar-refractivity contribution in [2.45, 2.75) is 32.4 Å². The highest BCUT2D eigenvalue weighted by Gasteiger charge is 2.38. The average molecular weight is 536 g/mol. The van der Waals surface area contributed by atoms with Crippen LogP contribution in [-0.4, -0.2) is 48.6 Å². The minimum Gasteiger partial charge on any atom is -0.484 e. The lowest BCUT2D eigenvalue weighted by Crippen LogP contribution is -2.47. The molecule has 0 spiro atoms. The van der Waals surface area contributed by atoms with Crippen LogP contribution >= 0.6 is 11.6 Å². The second kappa shape index (κ2) is 12.1. The molecule has 0 aliphatic carbocycles. The molecule has 0 unspecified atom stereocenters. The molecular weight excluding hydrogens is 506 g/mol. The fourth-order valence-corrected chi connectivity index (χ4v) is 4.87. The molecule has 0 radical (unpaired) electrons. The summed E-state index contributed by atoms with van der Waals surface area (Å²) in [5, 5.41) is 11.9. The summed E-state index contributed by atoms with van der Waals surface area (Å²) in [7, 11) is 0. The summed E-state index contributed by atoms with van der Waals surface area (Å²) in [4.78, 5) is 41.7. The number of nitrogens with zero attached hydrogens (tertiary/aromatic N) is 2. The molecule has 0 saturated heterocycles. The number of ether oxygens (including phenoxy) is 1. The maximum absolute atomic E-state index is 13.7. The van der Waals surface area contributed by atoms with E-state index in [9.17, 15) is 14.4 Å².